The molecule has 40 heavy (non-hydrogen) atoms. The van der Waals surface area contributed by atoms with Crippen molar-refractivity contribution in [1.29, 1.82) is 5.26 Å². The van der Waals surface area contributed by atoms with Crippen LogP contribution in [-0.4, -0.2) is 72.3 Å². The largest absolute Gasteiger partial charge is 0.370 e. The van der Waals surface area contributed by atoms with Gasteiger partial charge in [-0.15, -0.1) is 11.8 Å². The number of halogens is 2. The van der Waals surface area contributed by atoms with Gasteiger partial charge in [0.05, 0.1) is 12.1 Å². The molecule has 3 amide bonds. The van der Waals surface area contributed by atoms with Crippen LogP contribution in [0.25, 0.3) is 0 Å². The monoisotopic (exact) mass is 617 g/mol. The topological polar surface area (TPSA) is 184 Å². The van der Waals surface area contributed by atoms with Crippen LogP contribution in [0, 0.1) is 29.1 Å². The van der Waals surface area contributed by atoms with E-state index in [1.165, 1.54) is 17.0 Å². The Kier molecular flexibility index (Phi) is 12.6. The number of carbonyl (C=O) groups excluding carboxylic acids is 4. The Morgan fingerprint density at radius 1 is 1.23 bits per heavy atom. The average Bonchev–Trinajstić information content (AvgIpc) is 3.42. The minimum atomic E-state index is -1.28. The number of Topliss-reactive ketones (excluding diaryl/α,β-unsaturated/α-hetero) is 1. The summed E-state index contributed by atoms with van der Waals surface area (Å²) in [5.74, 6) is 2.69. The number of benzene rings is 1. The van der Waals surface area contributed by atoms with Crippen molar-refractivity contribution in [3.05, 3.63) is 33.8 Å². The molecule has 1 saturated heterocycles. The van der Waals surface area contributed by atoms with Gasteiger partial charge in [-0.3, -0.25) is 24.2 Å². The molecule has 1 aromatic rings. The normalized spacial score (nSPS) is 15.7. The van der Waals surface area contributed by atoms with E-state index in [9.17, 15) is 28.8 Å². The van der Waals surface area contributed by atoms with Crippen LogP contribution in [0.4, 0.5) is 4.39 Å². The maximum absolute atomic E-state index is 13.5. The standard InChI is InChI=1S/C27H33BrFN7O4/c1-16(2)23(35-24(38)17-9-10-19(28)18(13-17)15-30)26(40)36-12-6-8-21(36)25(39)34-20(22(37)14-29)7-4-3-5-11-33-27(31)32/h9-10,13,16,20-21,23H,5-8,11-12,14H2,1-2H3,(H,34,39)(H,35,38)(H4,31,32,33)/t20-,21?,23-/m0/s1. The number of aliphatic imine (C=N–C) groups is 1. The molecule has 0 aromatic heterocycles. The minimum Gasteiger partial charge on any atom is -0.370 e. The van der Waals surface area contributed by atoms with Gasteiger partial charge >= 0.3 is 0 Å². The quantitative estimate of drug-likeness (QED) is 0.124. The molecule has 1 aromatic carbocycles. The van der Waals surface area contributed by atoms with Gasteiger partial charge in [0.15, 0.2) is 11.7 Å². The highest BCUT2D eigenvalue weighted by atomic mass is 79.9. The fourth-order valence-corrected chi connectivity index (χ4v) is 4.42. The van der Waals surface area contributed by atoms with E-state index in [1.807, 2.05) is 6.07 Å². The lowest BCUT2D eigenvalue weighted by Gasteiger charge is -2.31. The summed E-state index contributed by atoms with van der Waals surface area (Å²) in [6.07, 6.45) is 1.08. The molecule has 0 radical (unpaired) electrons. The first-order valence-electron chi connectivity index (χ1n) is 12.7. The molecular weight excluding hydrogens is 585 g/mol. The second-order valence-corrected chi connectivity index (χ2v) is 10.3. The van der Waals surface area contributed by atoms with Crippen molar-refractivity contribution in [2.45, 2.75) is 57.7 Å². The second kappa shape index (κ2) is 15.6. The molecule has 1 aliphatic heterocycles. The lowest BCUT2D eigenvalue weighted by molar-refractivity contribution is -0.141. The van der Waals surface area contributed by atoms with Gasteiger partial charge in [0.1, 0.15) is 30.9 Å². The fraction of sp³-hybridized carbons (Fsp3) is 0.481. The maximum atomic E-state index is 13.5. The number of rotatable bonds is 11. The van der Waals surface area contributed by atoms with Crippen LogP contribution in [0.3, 0.4) is 0 Å². The lowest BCUT2D eigenvalue weighted by Crippen LogP contribution is -2.56. The molecule has 13 heteroatoms. The molecule has 1 unspecified atom stereocenters. The van der Waals surface area contributed by atoms with E-state index >= 15 is 0 Å². The maximum Gasteiger partial charge on any atom is 0.251 e. The number of nitrogens with two attached hydrogens (primary N) is 2. The summed E-state index contributed by atoms with van der Waals surface area (Å²) in [5.41, 5.74) is 11.0. The van der Waals surface area contributed by atoms with Crippen molar-refractivity contribution in [2.75, 3.05) is 19.8 Å². The predicted molar refractivity (Wildman–Crippen MR) is 150 cm³/mol. The van der Waals surface area contributed by atoms with Gasteiger partial charge in [-0.1, -0.05) is 13.8 Å². The first kappa shape index (κ1) is 32.2. The highest BCUT2D eigenvalue weighted by Gasteiger charge is 2.39. The first-order valence-corrected chi connectivity index (χ1v) is 13.5. The third kappa shape index (κ3) is 9.06. The van der Waals surface area contributed by atoms with Gasteiger partial charge in [-0.2, -0.15) is 5.26 Å². The Morgan fingerprint density at radius 3 is 2.58 bits per heavy atom. The number of nitriles is 1. The molecule has 214 valence electrons. The van der Waals surface area contributed by atoms with Crippen molar-refractivity contribution < 1.29 is 23.6 Å². The van der Waals surface area contributed by atoms with Crippen molar-refractivity contribution in [3.8, 4) is 17.9 Å². The zero-order chi connectivity index (χ0) is 29.8. The number of alkyl halides is 1. The second-order valence-electron chi connectivity index (χ2n) is 9.47. The molecular formula is C27H33BrFN7O4. The first-order chi connectivity index (χ1) is 19.0. The van der Waals surface area contributed by atoms with Crippen molar-refractivity contribution in [2.24, 2.45) is 22.4 Å². The number of hydrogen-bond donors (Lipinski definition) is 4. The molecule has 6 N–H and O–H groups in total. The SMILES string of the molecule is CC(C)[C@H](NC(=O)c1ccc(Br)c(C#N)c1)C(=O)N1CCCC1C(=O)N[C@@H](CC#CCCN=C(N)N)C(=O)CF. The number of amides is 3. The van der Waals surface area contributed by atoms with Gasteiger partial charge in [0.25, 0.3) is 5.91 Å². The molecule has 1 fully saturated rings. The van der Waals surface area contributed by atoms with Crippen molar-refractivity contribution in [3.63, 3.8) is 0 Å². The van der Waals surface area contributed by atoms with E-state index in [0.29, 0.717) is 23.7 Å². The summed E-state index contributed by atoms with van der Waals surface area (Å²) < 4.78 is 13.7. The molecule has 0 bridgehead atoms. The summed E-state index contributed by atoms with van der Waals surface area (Å²) in [7, 11) is 0. The minimum absolute atomic E-state index is 0.0732. The Balaban J connectivity index is 2.13. The van der Waals surface area contributed by atoms with Crippen LogP contribution in [0.1, 0.15) is 55.5 Å². The Bertz CT molecular complexity index is 1250. The van der Waals surface area contributed by atoms with Gasteiger partial charge in [0.2, 0.25) is 11.8 Å². The summed E-state index contributed by atoms with van der Waals surface area (Å²) in [6, 6.07) is 3.48. The molecule has 3 atom stereocenters. The van der Waals surface area contributed by atoms with Crippen molar-refractivity contribution in [1.82, 2.24) is 15.5 Å². The van der Waals surface area contributed by atoms with Crippen LogP contribution in [0.5, 0.6) is 0 Å². The number of likely N-dealkylation sites (tertiary alicyclic amines) is 1. The molecule has 2 rings (SSSR count). The van der Waals surface area contributed by atoms with Crippen LogP contribution < -0.4 is 22.1 Å². The Morgan fingerprint density at radius 2 is 1.95 bits per heavy atom. The third-order valence-corrected chi connectivity index (χ3v) is 6.90. The summed E-state index contributed by atoms with van der Waals surface area (Å²) in [5, 5.41) is 14.5. The summed E-state index contributed by atoms with van der Waals surface area (Å²) in [6.45, 7) is 2.78. The van der Waals surface area contributed by atoms with Crippen LogP contribution in [-0.2, 0) is 14.4 Å². The van der Waals surface area contributed by atoms with E-state index in [1.54, 1.807) is 19.9 Å². The Hall–Kier alpha value is -3.97. The number of guanidine groups is 1. The van der Waals surface area contributed by atoms with Gasteiger partial charge in [-0.05, 0) is 52.9 Å². The zero-order valence-electron chi connectivity index (χ0n) is 22.4. The molecule has 0 aliphatic carbocycles. The fourth-order valence-electron chi connectivity index (χ4n) is 4.08. The van der Waals surface area contributed by atoms with E-state index in [4.69, 9.17) is 11.5 Å². The van der Waals surface area contributed by atoms with Crippen molar-refractivity contribution >= 4 is 45.4 Å². The number of ketones is 1. The summed E-state index contributed by atoms with van der Waals surface area (Å²) >= 11 is 3.25. The smallest absolute Gasteiger partial charge is 0.251 e. The van der Waals surface area contributed by atoms with E-state index in [-0.39, 0.29) is 42.5 Å². The van der Waals surface area contributed by atoms with Gasteiger partial charge in [0, 0.05) is 29.4 Å². The number of nitrogens with zero attached hydrogens (tertiary/aromatic N) is 3. The zero-order valence-corrected chi connectivity index (χ0v) is 24.0. The number of nitrogens with one attached hydrogen (secondary N) is 2. The lowest BCUT2D eigenvalue weighted by atomic mass is 10.0. The van der Waals surface area contributed by atoms with Crippen LogP contribution >= 0.6 is 15.9 Å². The highest BCUT2D eigenvalue weighted by molar-refractivity contribution is 9.10. The van der Waals surface area contributed by atoms with Crippen LogP contribution in [0.15, 0.2) is 27.7 Å². The van der Waals surface area contributed by atoms with Gasteiger partial charge < -0.3 is 27.0 Å². The van der Waals surface area contributed by atoms with E-state index < -0.39 is 48.3 Å². The number of carbonyl (C=O) groups is 4. The molecule has 0 spiro atoms. The van der Waals surface area contributed by atoms with Crippen LogP contribution in [0.2, 0.25) is 0 Å². The third-order valence-electron chi connectivity index (χ3n) is 6.21. The highest BCUT2D eigenvalue weighted by Crippen LogP contribution is 2.22. The summed E-state index contributed by atoms with van der Waals surface area (Å²) in [4.78, 5) is 56.9. The molecule has 11 nitrogen and oxygen atoms in total. The van der Waals surface area contributed by atoms with E-state index in [0.717, 1.165) is 0 Å². The van der Waals surface area contributed by atoms with Gasteiger partial charge in [-0.25, -0.2) is 4.39 Å². The Labute approximate surface area is 241 Å². The van der Waals surface area contributed by atoms with E-state index in [2.05, 4.69) is 43.4 Å². The number of hydrogen-bond acceptors (Lipinski definition) is 6. The molecule has 0 saturated carbocycles. The average molecular weight is 619 g/mol. The predicted octanol–water partition coefficient (Wildman–Crippen LogP) is 1.15. The molecule has 1 heterocycles. The molecule has 1 aliphatic rings.